The molecule has 1 heterocycles. The summed E-state index contributed by atoms with van der Waals surface area (Å²) in [6, 6.07) is 12.7. The Morgan fingerprint density at radius 2 is 1.71 bits per heavy atom. The highest BCUT2D eigenvalue weighted by Crippen LogP contribution is 2.27. The normalized spacial score (nSPS) is 21.5. The first-order chi connectivity index (χ1) is 13.2. The molecule has 3 rings (SSSR count). The zero-order valence-corrected chi connectivity index (χ0v) is 17.7. The van der Waals surface area contributed by atoms with E-state index in [0.29, 0.717) is 18.0 Å². The molecule has 0 aliphatic carbocycles. The van der Waals surface area contributed by atoms with Crippen LogP contribution >= 0.6 is 11.6 Å². The highest BCUT2D eigenvalue weighted by molar-refractivity contribution is 7.96. The predicted octanol–water partition coefficient (Wildman–Crippen LogP) is 2.12. The highest BCUT2D eigenvalue weighted by Gasteiger charge is 2.45. The van der Waals surface area contributed by atoms with Crippen molar-refractivity contribution in [2.75, 3.05) is 25.2 Å². The maximum Gasteiger partial charge on any atom is 0.183 e. The summed E-state index contributed by atoms with van der Waals surface area (Å²) in [4.78, 5) is 0.0842. The van der Waals surface area contributed by atoms with Gasteiger partial charge in [0.25, 0.3) is 0 Å². The fraction of sp³-hybridized carbons (Fsp3) is 0.368. The minimum Gasteiger partial charge on any atom is -0.497 e. The molecule has 0 spiro atoms. The molecule has 2 aromatic rings. The van der Waals surface area contributed by atoms with E-state index < -0.39 is 31.0 Å². The van der Waals surface area contributed by atoms with Crippen molar-refractivity contribution < 1.29 is 21.6 Å². The molecule has 0 saturated carbocycles. The van der Waals surface area contributed by atoms with Gasteiger partial charge in [-0.25, -0.2) is 16.8 Å². The van der Waals surface area contributed by atoms with E-state index in [2.05, 4.69) is 5.32 Å². The molecule has 0 amide bonds. The van der Waals surface area contributed by atoms with Gasteiger partial charge >= 0.3 is 0 Å². The second-order valence-corrected chi connectivity index (χ2v) is 11.5. The maximum absolute atomic E-state index is 13.0. The van der Waals surface area contributed by atoms with Gasteiger partial charge < -0.3 is 10.1 Å². The van der Waals surface area contributed by atoms with Crippen LogP contribution in [0.4, 0.5) is 0 Å². The van der Waals surface area contributed by atoms with Crippen molar-refractivity contribution in [2.45, 2.75) is 22.6 Å². The first kappa shape index (κ1) is 21.1. The van der Waals surface area contributed by atoms with Crippen molar-refractivity contribution in [3.63, 3.8) is 0 Å². The van der Waals surface area contributed by atoms with E-state index in [4.69, 9.17) is 16.3 Å². The van der Waals surface area contributed by atoms with Crippen molar-refractivity contribution in [2.24, 2.45) is 0 Å². The minimum absolute atomic E-state index is 0.0842. The second kappa shape index (κ2) is 8.41. The Morgan fingerprint density at radius 1 is 1.07 bits per heavy atom. The third-order valence-electron chi connectivity index (χ3n) is 4.82. The third-order valence-corrected chi connectivity index (χ3v) is 9.24. The maximum atomic E-state index is 13.0. The SMILES string of the molecule is COc1ccc(CCN[C@@H]2CS(=O)(=O)C[C@H]2S(=O)(=O)c2ccc(Cl)cc2)cc1. The molecule has 2 atom stereocenters. The van der Waals surface area contributed by atoms with Crippen LogP contribution in [0.15, 0.2) is 53.4 Å². The van der Waals surface area contributed by atoms with Crippen LogP contribution in [0.2, 0.25) is 5.02 Å². The molecule has 1 N–H and O–H groups in total. The van der Waals surface area contributed by atoms with E-state index in [-0.39, 0.29) is 16.4 Å². The monoisotopic (exact) mass is 443 g/mol. The number of rotatable bonds is 7. The number of nitrogens with one attached hydrogen (secondary N) is 1. The molecule has 0 bridgehead atoms. The van der Waals surface area contributed by atoms with Gasteiger partial charge in [0.2, 0.25) is 0 Å². The zero-order chi connectivity index (χ0) is 20.4. The lowest BCUT2D eigenvalue weighted by Gasteiger charge is -2.20. The largest absolute Gasteiger partial charge is 0.497 e. The molecule has 1 saturated heterocycles. The van der Waals surface area contributed by atoms with Crippen LogP contribution in [0, 0.1) is 0 Å². The van der Waals surface area contributed by atoms with Crippen LogP contribution in [0.25, 0.3) is 0 Å². The Kier molecular flexibility index (Phi) is 6.34. The van der Waals surface area contributed by atoms with E-state index >= 15 is 0 Å². The van der Waals surface area contributed by atoms with Gasteiger partial charge in [-0.05, 0) is 54.9 Å². The molecule has 1 fully saturated rings. The van der Waals surface area contributed by atoms with E-state index in [1.165, 1.54) is 24.3 Å². The molecule has 1 aliphatic heterocycles. The average molecular weight is 444 g/mol. The number of halogens is 1. The molecule has 0 unspecified atom stereocenters. The fourth-order valence-electron chi connectivity index (χ4n) is 3.30. The summed E-state index contributed by atoms with van der Waals surface area (Å²) in [5.74, 6) is 0.193. The second-order valence-electron chi connectivity index (χ2n) is 6.77. The first-order valence-electron chi connectivity index (χ1n) is 8.77. The molecule has 1 aliphatic rings. The van der Waals surface area contributed by atoms with Crippen LogP contribution in [0.3, 0.4) is 0 Å². The smallest absolute Gasteiger partial charge is 0.183 e. The summed E-state index contributed by atoms with van der Waals surface area (Å²) in [7, 11) is -5.63. The van der Waals surface area contributed by atoms with Gasteiger partial charge in [0.05, 0.1) is 28.8 Å². The molecular weight excluding hydrogens is 422 g/mol. The molecule has 2 aromatic carbocycles. The van der Waals surface area contributed by atoms with E-state index in [9.17, 15) is 16.8 Å². The van der Waals surface area contributed by atoms with E-state index in [0.717, 1.165) is 11.3 Å². The molecule has 0 aromatic heterocycles. The molecule has 6 nitrogen and oxygen atoms in total. The number of ether oxygens (including phenoxy) is 1. The van der Waals surface area contributed by atoms with Crippen LogP contribution in [-0.4, -0.2) is 53.3 Å². The van der Waals surface area contributed by atoms with Crippen molar-refractivity contribution in [1.82, 2.24) is 5.32 Å². The van der Waals surface area contributed by atoms with Gasteiger partial charge in [-0.15, -0.1) is 0 Å². The number of sulfone groups is 2. The summed E-state index contributed by atoms with van der Waals surface area (Å²) < 4.78 is 55.4. The van der Waals surface area contributed by atoms with Gasteiger partial charge in [-0.2, -0.15) is 0 Å². The van der Waals surface area contributed by atoms with Crippen molar-refractivity contribution in [3.05, 3.63) is 59.1 Å². The van der Waals surface area contributed by atoms with Gasteiger partial charge in [0.1, 0.15) is 5.75 Å². The van der Waals surface area contributed by atoms with Crippen molar-refractivity contribution in [3.8, 4) is 5.75 Å². The van der Waals surface area contributed by atoms with Gasteiger partial charge in [0.15, 0.2) is 19.7 Å². The van der Waals surface area contributed by atoms with Gasteiger partial charge in [-0.1, -0.05) is 23.7 Å². The summed E-state index contributed by atoms with van der Waals surface area (Å²) in [5, 5.41) is 2.54. The molecular formula is C19H22ClNO5S2. The Morgan fingerprint density at radius 3 is 2.32 bits per heavy atom. The summed E-state index contributed by atoms with van der Waals surface area (Å²) >= 11 is 5.83. The lowest BCUT2D eigenvalue weighted by molar-refractivity contribution is 0.414. The van der Waals surface area contributed by atoms with Crippen LogP contribution in [0.5, 0.6) is 5.75 Å². The van der Waals surface area contributed by atoms with Crippen LogP contribution in [0.1, 0.15) is 5.56 Å². The first-order valence-corrected chi connectivity index (χ1v) is 12.5. The molecule has 28 heavy (non-hydrogen) atoms. The van der Waals surface area contributed by atoms with Crippen LogP contribution in [-0.2, 0) is 26.1 Å². The zero-order valence-electron chi connectivity index (χ0n) is 15.3. The fourth-order valence-corrected chi connectivity index (χ4v) is 8.15. The van der Waals surface area contributed by atoms with Crippen LogP contribution < -0.4 is 10.1 Å². The lowest BCUT2D eigenvalue weighted by Crippen LogP contribution is -2.44. The molecule has 9 heteroatoms. The number of hydrogen-bond acceptors (Lipinski definition) is 6. The minimum atomic E-state index is -3.80. The summed E-state index contributed by atoms with van der Waals surface area (Å²) in [6.45, 7) is 0.471. The van der Waals surface area contributed by atoms with E-state index in [1.807, 2.05) is 24.3 Å². The van der Waals surface area contributed by atoms with Gasteiger partial charge in [-0.3, -0.25) is 0 Å². The standard InChI is InChI=1S/C19H22ClNO5S2/c1-26-16-6-2-14(3-7-16)10-11-21-18-12-27(22,23)13-19(18)28(24,25)17-8-4-15(20)5-9-17/h2-9,18-19,21H,10-13H2,1H3/t18-,19-/m1/s1. The molecule has 152 valence electrons. The lowest BCUT2D eigenvalue weighted by atomic mass is 10.1. The predicted molar refractivity (Wildman–Crippen MR) is 110 cm³/mol. The van der Waals surface area contributed by atoms with Gasteiger partial charge in [0, 0.05) is 11.1 Å². The van der Waals surface area contributed by atoms with Crippen molar-refractivity contribution in [1.29, 1.82) is 0 Å². The summed E-state index contributed by atoms with van der Waals surface area (Å²) in [5.41, 5.74) is 1.05. The summed E-state index contributed by atoms with van der Waals surface area (Å²) in [6.07, 6.45) is 0.647. The third kappa shape index (κ3) is 4.86. The highest BCUT2D eigenvalue weighted by atomic mass is 35.5. The quantitative estimate of drug-likeness (QED) is 0.705. The Labute approximate surface area is 170 Å². The number of methoxy groups -OCH3 is 1. The van der Waals surface area contributed by atoms with Crippen molar-refractivity contribution >= 4 is 31.3 Å². The topological polar surface area (TPSA) is 89.5 Å². The number of hydrogen-bond donors (Lipinski definition) is 1. The number of benzene rings is 2. The Hall–Kier alpha value is -1.61. The Bertz CT molecular complexity index is 1020. The van der Waals surface area contributed by atoms with E-state index in [1.54, 1.807) is 7.11 Å². The average Bonchev–Trinajstić information content (AvgIpc) is 2.98. The Balaban J connectivity index is 1.72. The molecule has 0 radical (unpaired) electrons.